The van der Waals surface area contributed by atoms with Crippen LogP contribution in [0, 0.1) is 0 Å². The van der Waals surface area contributed by atoms with E-state index in [0.717, 1.165) is 57.6 Å². The molecule has 158 valence electrons. The van der Waals surface area contributed by atoms with Gasteiger partial charge >= 0.3 is 0 Å². The number of nitrogens with zero attached hydrogens (tertiary/aromatic N) is 6. The largest absolute Gasteiger partial charge is 0.357 e. The third-order valence-corrected chi connectivity index (χ3v) is 5.60. The maximum absolute atomic E-state index is 12.8. The summed E-state index contributed by atoms with van der Waals surface area (Å²) in [6.07, 6.45) is 4.45. The fraction of sp³-hybridized carbons (Fsp3) is 0.455. The van der Waals surface area contributed by atoms with Gasteiger partial charge in [0.25, 0.3) is 0 Å². The summed E-state index contributed by atoms with van der Waals surface area (Å²) in [7, 11) is 0. The van der Waals surface area contributed by atoms with E-state index in [2.05, 4.69) is 48.3 Å². The third kappa shape index (κ3) is 4.69. The highest BCUT2D eigenvalue weighted by Crippen LogP contribution is 2.18. The molecule has 0 atom stereocenters. The fourth-order valence-corrected chi connectivity index (χ4v) is 3.95. The van der Waals surface area contributed by atoms with E-state index < -0.39 is 0 Å². The molecule has 2 aliphatic rings. The summed E-state index contributed by atoms with van der Waals surface area (Å²) >= 11 is 0. The normalized spacial score (nSPS) is 17.0. The summed E-state index contributed by atoms with van der Waals surface area (Å²) in [5, 5.41) is 3.34. The van der Waals surface area contributed by atoms with Crippen LogP contribution in [0.1, 0.15) is 18.1 Å². The van der Waals surface area contributed by atoms with Crippen molar-refractivity contribution in [1.29, 1.82) is 0 Å². The van der Waals surface area contributed by atoms with E-state index in [-0.39, 0.29) is 12.5 Å². The summed E-state index contributed by atoms with van der Waals surface area (Å²) in [5.74, 6) is 1.65. The van der Waals surface area contributed by atoms with Crippen molar-refractivity contribution in [1.82, 2.24) is 25.1 Å². The lowest BCUT2D eigenvalue weighted by Crippen LogP contribution is -2.53. The van der Waals surface area contributed by atoms with E-state index in [1.54, 1.807) is 12.4 Å². The zero-order valence-electron chi connectivity index (χ0n) is 17.5. The Labute approximate surface area is 177 Å². The quantitative estimate of drug-likeness (QED) is 0.605. The van der Waals surface area contributed by atoms with E-state index in [1.165, 1.54) is 11.1 Å². The van der Waals surface area contributed by atoms with Crippen LogP contribution in [0.4, 0.5) is 5.95 Å². The number of fused-ring (bicyclic) bond motifs is 1. The Kier molecular flexibility index (Phi) is 6.41. The Hall–Kier alpha value is -3.16. The smallest absolute Gasteiger partial charge is 0.244 e. The van der Waals surface area contributed by atoms with Gasteiger partial charge in [-0.05, 0) is 30.5 Å². The van der Waals surface area contributed by atoms with Crippen LogP contribution >= 0.6 is 0 Å². The van der Waals surface area contributed by atoms with Crippen molar-refractivity contribution in [2.75, 3.05) is 50.7 Å². The van der Waals surface area contributed by atoms with Crippen molar-refractivity contribution in [3.05, 3.63) is 53.9 Å². The SMILES string of the molecule is CCNC(=NCC(=O)N1CCc2ccccc2C1)N1CCN(c2ncccn2)CC1. The second kappa shape index (κ2) is 9.56. The number of aromatic nitrogens is 2. The summed E-state index contributed by atoms with van der Waals surface area (Å²) < 4.78 is 0. The Balaban J connectivity index is 1.34. The Bertz CT molecular complexity index is 878. The third-order valence-electron chi connectivity index (χ3n) is 5.60. The standard InChI is InChI=1S/C22H29N7O/c1-2-23-21(27-12-14-28(15-13-27)22-24-9-5-10-25-22)26-16-20(30)29-11-8-18-6-3-4-7-19(18)17-29/h3-7,9-10H,2,8,11-17H2,1H3,(H,23,26). The van der Waals surface area contributed by atoms with Crippen LogP contribution in [-0.4, -0.2) is 77.4 Å². The minimum atomic E-state index is 0.0798. The Morgan fingerprint density at radius 2 is 1.73 bits per heavy atom. The molecule has 2 aliphatic heterocycles. The van der Waals surface area contributed by atoms with Gasteiger partial charge in [0, 0.05) is 58.2 Å². The number of carbonyl (C=O) groups is 1. The minimum absolute atomic E-state index is 0.0798. The van der Waals surface area contributed by atoms with Gasteiger partial charge in [-0.1, -0.05) is 24.3 Å². The molecule has 8 nitrogen and oxygen atoms in total. The van der Waals surface area contributed by atoms with Gasteiger partial charge in [0.2, 0.25) is 11.9 Å². The highest BCUT2D eigenvalue weighted by Gasteiger charge is 2.23. The van der Waals surface area contributed by atoms with E-state index >= 15 is 0 Å². The minimum Gasteiger partial charge on any atom is -0.357 e. The van der Waals surface area contributed by atoms with Crippen molar-refractivity contribution in [2.45, 2.75) is 19.9 Å². The first kappa shape index (κ1) is 20.1. The van der Waals surface area contributed by atoms with E-state index in [0.29, 0.717) is 6.54 Å². The number of anilines is 1. The highest BCUT2D eigenvalue weighted by molar-refractivity contribution is 5.85. The van der Waals surface area contributed by atoms with Crippen molar-refractivity contribution >= 4 is 17.8 Å². The first-order valence-corrected chi connectivity index (χ1v) is 10.6. The Morgan fingerprint density at radius 1 is 1.00 bits per heavy atom. The van der Waals surface area contributed by atoms with Gasteiger partial charge in [-0.2, -0.15) is 0 Å². The van der Waals surface area contributed by atoms with Crippen LogP contribution in [0.15, 0.2) is 47.7 Å². The van der Waals surface area contributed by atoms with Crippen LogP contribution in [0.3, 0.4) is 0 Å². The number of aliphatic imine (C=N–C) groups is 1. The molecule has 2 aromatic rings. The molecule has 0 unspecified atom stereocenters. The molecule has 0 radical (unpaired) electrons. The molecule has 1 aromatic heterocycles. The molecule has 0 aliphatic carbocycles. The monoisotopic (exact) mass is 407 g/mol. The predicted molar refractivity (Wildman–Crippen MR) is 117 cm³/mol. The first-order chi connectivity index (χ1) is 14.7. The number of carbonyl (C=O) groups excluding carboxylic acids is 1. The molecule has 1 saturated heterocycles. The van der Waals surface area contributed by atoms with Crippen molar-refractivity contribution < 1.29 is 4.79 Å². The molecule has 30 heavy (non-hydrogen) atoms. The van der Waals surface area contributed by atoms with E-state index in [1.807, 2.05) is 24.0 Å². The number of hydrogen-bond acceptors (Lipinski definition) is 5. The maximum atomic E-state index is 12.8. The van der Waals surface area contributed by atoms with Crippen molar-refractivity contribution in [3.8, 4) is 0 Å². The molecule has 1 N–H and O–H groups in total. The number of amides is 1. The average molecular weight is 408 g/mol. The zero-order valence-corrected chi connectivity index (χ0v) is 17.5. The molecule has 1 fully saturated rings. The van der Waals surface area contributed by atoms with Gasteiger partial charge in [0.05, 0.1) is 0 Å². The second-order valence-electron chi connectivity index (χ2n) is 7.53. The van der Waals surface area contributed by atoms with Crippen LogP contribution in [0.2, 0.25) is 0 Å². The highest BCUT2D eigenvalue weighted by atomic mass is 16.2. The molecule has 4 rings (SSSR count). The van der Waals surface area contributed by atoms with Crippen LogP contribution in [-0.2, 0) is 17.8 Å². The van der Waals surface area contributed by atoms with Crippen LogP contribution in [0.25, 0.3) is 0 Å². The topological polar surface area (TPSA) is 77.0 Å². The number of hydrogen-bond donors (Lipinski definition) is 1. The van der Waals surface area contributed by atoms with E-state index in [4.69, 9.17) is 0 Å². The first-order valence-electron chi connectivity index (χ1n) is 10.6. The van der Waals surface area contributed by atoms with Gasteiger partial charge in [0.15, 0.2) is 5.96 Å². The molecule has 3 heterocycles. The lowest BCUT2D eigenvalue weighted by Gasteiger charge is -2.36. The fourth-order valence-electron chi connectivity index (χ4n) is 3.95. The van der Waals surface area contributed by atoms with E-state index in [9.17, 15) is 4.79 Å². The molecular weight excluding hydrogens is 378 g/mol. The van der Waals surface area contributed by atoms with Gasteiger partial charge in [-0.3, -0.25) is 4.79 Å². The van der Waals surface area contributed by atoms with Crippen LogP contribution in [0.5, 0.6) is 0 Å². The molecule has 1 amide bonds. The average Bonchev–Trinajstić information content (AvgIpc) is 2.82. The van der Waals surface area contributed by atoms with Gasteiger partial charge in [0.1, 0.15) is 6.54 Å². The predicted octanol–water partition coefficient (Wildman–Crippen LogP) is 1.15. The van der Waals surface area contributed by atoms with Crippen molar-refractivity contribution in [2.24, 2.45) is 4.99 Å². The maximum Gasteiger partial charge on any atom is 0.244 e. The number of piperazine rings is 1. The second-order valence-corrected chi connectivity index (χ2v) is 7.53. The summed E-state index contributed by atoms with van der Waals surface area (Å²) in [6, 6.07) is 10.2. The lowest BCUT2D eigenvalue weighted by molar-refractivity contribution is -0.130. The molecule has 0 spiro atoms. The lowest BCUT2D eigenvalue weighted by atomic mass is 10.00. The molecule has 0 bridgehead atoms. The molecule has 8 heteroatoms. The van der Waals surface area contributed by atoms with Gasteiger partial charge < -0.3 is 20.0 Å². The molecule has 1 aromatic carbocycles. The summed E-state index contributed by atoms with van der Waals surface area (Å²) in [5.41, 5.74) is 2.59. The van der Waals surface area contributed by atoms with Gasteiger partial charge in [-0.25, -0.2) is 15.0 Å². The number of rotatable bonds is 4. The number of nitrogens with one attached hydrogen (secondary N) is 1. The number of benzene rings is 1. The van der Waals surface area contributed by atoms with Gasteiger partial charge in [-0.15, -0.1) is 0 Å². The molecular formula is C22H29N7O. The summed E-state index contributed by atoms with van der Waals surface area (Å²) in [4.78, 5) is 32.4. The van der Waals surface area contributed by atoms with Crippen LogP contribution < -0.4 is 10.2 Å². The summed E-state index contributed by atoms with van der Waals surface area (Å²) in [6.45, 7) is 7.71. The van der Waals surface area contributed by atoms with Crippen molar-refractivity contribution in [3.63, 3.8) is 0 Å². The Morgan fingerprint density at radius 3 is 2.47 bits per heavy atom. The number of guanidine groups is 1. The molecule has 0 saturated carbocycles. The zero-order chi connectivity index (χ0) is 20.8.